The summed E-state index contributed by atoms with van der Waals surface area (Å²) >= 11 is 1.69. The molecule has 0 aromatic heterocycles. The van der Waals surface area contributed by atoms with E-state index in [1.54, 1.807) is 17.8 Å². The molecule has 3 heteroatoms. The fourth-order valence-corrected chi connectivity index (χ4v) is 3.30. The lowest BCUT2D eigenvalue weighted by molar-refractivity contribution is 0.104. The van der Waals surface area contributed by atoms with Crippen molar-refractivity contribution in [2.45, 2.75) is 16.6 Å². The van der Waals surface area contributed by atoms with Crippen molar-refractivity contribution >= 4 is 23.3 Å². The molecule has 0 radical (unpaired) electrons. The monoisotopic (exact) mass is 241 g/mol. The molecule has 0 fully saturated rings. The zero-order valence-electron chi connectivity index (χ0n) is 9.14. The molecule has 2 nitrogen and oxygen atoms in total. The van der Waals surface area contributed by atoms with Crippen LogP contribution in [0.3, 0.4) is 0 Å². The van der Waals surface area contributed by atoms with E-state index < -0.39 is 0 Å². The molecular formula is C14H11NOS. The van der Waals surface area contributed by atoms with E-state index in [-0.39, 0.29) is 11.0 Å². The van der Waals surface area contributed by atoms with Gasteiger partial charge in [-0.1, -0.05) is 18.2 Å². The Morgan fingerprint density at radius 1 is 1.29 bits per heavy atom. The summed E-state index contributed by atoms with van der Waals surface area (Å²) in [6.45, 7) is 0. The Labute approximate surface area is 104 Å². The maximum Gasteiger partial charge on any atom is 0.186 e. The maximum atomic E-state index is 12.1. The Balaban J connectivity index is 2.11. The van der Waals surface area contributed by atoms with Gasteiger partial charge in [0, 0.05) is 27.8 Å². The van der Waals surface area contributed by atoms with Crippen molar-refractivity contribution in [2.24, 2.45) is 0 Å². The third-order valence-corrected chi connectivity index (χ3v) is 4.28. The number of carbonyl (C=O) groups excluding carboxylic acids is 1. The van der Waals surface area contributed by atoms with E-state index >= 15 is 0 Å². The SMILES string of the molecule is N=C1C=CC2Sc3ccccc3C(=O)C=C2C1. The van der Waals surface area contributed by atoms with Crippen LogP contribution < -0.4 is 0 Å². The van der Waals surface area contributed by atoms with Gasteiger partial charge >= 0.3 is 0 Å². The van der Waals surface area contributed by atoms with Gasteiger partial charge in [0.1, 0.15) is 0 Å². The van der Waals surface area contributed by atoms with Crippen molar-refractivity contribution in [3.05, 3.63) is 53.6 Å². The number of ketones is 1. The van der Waals surface area contributed by atoms with Crippen molar-refractivity contribution in [1.29, 1.82) is 5.41 Å². The summed E-state index contributed by atoms with van der Waals surface area (Å²) in [5.41, 5.74) is 2.40. The molecule has 1 heterocycles. The lowest BCUT2D eigenvalue weighted by Gasteiger charge is -2.18. The van der Waals surface area contributed by atoms with Crippen LogP contribution in [0.2, 0.25) is 0 Å². The molecule has 17 heavy (non-hydrogen) atoms. The zero-order valence-corrected chi connectivity index (χ0v) is 9.96. The second-order valence-electron chi connectivity index (χ2n) is 4.18. The predicted molar refractivity (Wildman–Crippen MR) is 70.0 cm³/mol. The third kappa shape index (κ3) is 1.87. The van der Waals surface area contributed by atoms with E-state index in [4.69, 9.17) is 5.41 Å². The van der Waals surface area contributed by atoms with Crippen LogP contribution in [0.1, 0.15) is 16.8 Å². The number of allylic oxidation sites excluding steroid dienone is 2. The molecule has 1 atom stereocenters. The number of nitrogens with one attached hydrogen (secondary N) is 1. The summed E-state index contributed by atoms with van der Waals surface area (Å²) in [4.78, 5) is 13.1. The highest BCUT2D eigenvalue weighted by Crippen LogP contribution is 2.37. The molecule has 1 unspecified atom stereocenters. The minimum Gasteiger partial charge on any atom is -0.305 e. The first-order valence-electron chi connectivity index (χ1n) is 5.50. The maximum absolute atomic E-state index is 12.1. The highest BCUT2D eigenvalue weighted by Gasteiger charge is 2.24. The standard InChI is InChI=1S/C14H11NOS/c15-10-5-6-13-9(7-10)8-12(16)11-3-1-2-4-14(11)17-13/h1-6,8,13,15H,7H2. The number of hydrogen-bond acceptors (Lipinski definition) is 3. The van der Waals surface area contributed by atoms with E-state index in [0.29, 0.717) is 12.1 Å². The van der Waals surface area contributed by atoms with Crippen LogP contribution in [-0.2, 0) is 0 Å². The number of thioether (sulfide) groups is 1. The molecule has 0 amide bonds. The summed E-state index contributed by atoms with van der Waals surface area (Å²) in [6.07, 6.45) is 6.15. The van der Waals surface area contributed by atoms with E-state index in [9.17, 15) is 4.79 Å². The number of rotatable bonds is 0. The molecule has 0 saturated heterocycles. The van der Waals surface area contributed by atoms with E-state index in [0.717, 1.165) is 16.0 Å². The van der Waals surface area contributed by atoms with Crippen LogP contribution in [0.4, 0.5) is 0 Å². The second kappa shape index (κ2) is 4.00. The number of hydrogen-bond donors (Lipinski definition) is 1. The van der Waals surface area contributed by atoms with E-state index in [2.05, 4.69) is 0 Å². The van der Waals surface area contributed by atoms with E-state index in [1.165, 1.54) is 0 Å². The Bertz CT molecular complexity index is 571. The average Bonchev–Trinajstić information content (AvgIpc) is 2.46. The fraction of sp³-hybridized carbons (Fsp3) is 0.143. The van der Waals surface area contributed by atoms with Crippen LogP contribution in [0.15, 0.2) is 53.0 Å². The first-order chi connectivity index (χ1) is 8.24. The van der Waals surface area contributed by atoms with Crippen LogP contribution in [-0.4, -0.2) is 16.7 Å². The van der Waals surface area contributed by atoms with Crippen molar-refractivity contribution < 1.29 is 4.79 Å². The van der Waals surface area contributed by atoms with Gasteiger partial charge in [0.15, 0.2) is 5.78 Å². The number of fused-ring (bicyclic) bond motifs is 2. The first kappa shape index (κ1) is 10.5. The summed E-state index contributed by atoms with van der Waals surface area (Å²) in [5, 5.41) is 7.87. The van der Waals surface area contributed by atoms with Crippen LogP contribution in [0.5, 0.6) is 0 Å². The molecule has 3 rings (SSSR count). The Kier molecular flexibility index (Phi) is 2.48. The number of carbonyl (C=O) groups is 1. The van der Waals surface area contributed by atoms with Gasteiger partial charge < -0.3 is 5.41 Å². The van der Waals surface area contributed by atoms with Gasteiger partial charge in [0.2, 0.25) is 0 Å². The molecule has 1 N–H and O–H groups in total. The van der Waals surface area contributed by atoms with Gasteiger partial charge in [-0.25, -0.2) is 0 Å². The molecule has 2 aliphatic rings. The molecule has 0 saturated carbocycles. The molecule has 0 spiro atoms. The lowest BCUT2D eigenvalue weighted by atomic mass is 9.97. The van der Waals surface area contributed by atoms with Crippen LogP contribution >= 0.6 is 11.8 Å². The van der Waals surface area contributed by atoms with E-state index in [1.807, 2.05) is 36.4 Å². The molecule has 84 valence electrons. The Hall–Kier alpha value is -1.61. The molecule has 1 aromatic carbocycles. The lowest BCUT2D eigenvalue weighted by Crippen LogP contribution is -2.12. The smallest absolute Gasteiger partial charge is 0.186 e. The summed E-state index contributed by atoms with van der Waals surface area (Å²) in [7, 11) is 0. The predicted octanol–water partition coefficient (Wildman–Crippen LogP) is 3.25. The van der Waals surface area contributed by atoms with Gasteiger partial charge in [0.05, 0.1) is 0 Å². The van der Waals surface area contributed by atoms with Crippen molar-refractivity contribution in [2.75, 3.05) is 0 Å². The molecule has 1 aliphatic heterocycles. The van der Waals surface area contributed by atoms with Gasteiger partial charge in [-0.2, -0.15) is 0 Å². The number of benzene rings is 1. The molecule has 0 bridgehead atoms. The minimum absolute atomic E-state index is 0.0636. The molecular weight excluding hydrogens is 230 g/mol. The second-order valence-corrected chi connectivity index (χ2v) is 5.36. The molecule has 1 aliphatic carbocycles. The van der Waals surface area contributed by atoms with Gasteiger partial charge in [-0.3, -0.25) is 4.79 Å². The minimum atomic E-state index is 0.0636. The van der Waals surface area contributed by atoms with Crippen LogP contribution in [0.25, 0.3) is 0 Å². The average molecular weight is 241 g/mol. The fourth-order valence-electron chi connectivity index (χ4n) is 2.11. The van der Waals surface area contributed by atoms with Gasteiger partial charge in [0.25, 0.3) is 0 Å². The van der Waals surface area contributed by atoms with Crippen molar-refractivity contribution in [3.8, 4) is 0 Å². The zero-order chi connectivity index (χ0) is 11.8. The Morgan fingerprint density at radius 2 is 2.12 bits per heavy atom. The van der Waals surface area contributed by atoms with Crippen molar-refractivity contribution in [3.63, 3.8) is 0 Å². The Morgan fingerprint density at radius 3 is 3.00 bits per heavy atom. The third-order valence-electron chi connectivity index (χ3n) is 2.96. The van der Waals surface area contributed by atoms with Crippen molar-refractivity contribution in [1.82, 2.24) is 0 Å². The van der Waals surface area contributed by atoms with Gasteiger partial charge in [-0.05, 0) is 29.9 Å². The highest BCUT2D eigenvalue weighted by molar-refractivity contribution is 8.00. The largest absolute Gasteiger partial charge is 0.305 e. The topological polar surface area (TPSA) is 40.9 Å². The first-order valence-corrected chi connectivity index (χ1v) is 6.38. The summed E-state index contributed by atoms with van der Waals surface area (Å²) in [5.74, 6) is 0.0636. The normalized spacial score (nSPS) is 22.6. The summed E-state index contributed by atoms with van der Waals surface area (Å²) < 4.78 is 0. The quantitative estimate of drug-likeness (QED) is 0.757. The summed E-state index contributed by atoms with van der Waals surface area (Å²) in [6, 6.07) is 7.71. The molecule has 1 aromatic rings. The van der Waals surface area contributed by atoms with Crippen LogP contribution in [0, 0.1) is 5.41 Å². The van der Waals surface area contributed by atoms with Gasteiger partial charge in [-0.15, -0.1) is 11.8 Å². The highest BCUT2D eigenvalue weighted by atomic mass is 32.2.